The fourth-order valence-electron chi connectivity index (χ4n) is 4.02. The number of rotatable bonds is 6. The third-order valence-electron chi connectivity index (χ3n) is 6.05. The van der Waals surface area contributed by atoms with E-state index in [1.807, 2.05) is 69.2 Å². The van der Waals surface area contributed by atoms with E-state index in [1.165, 1.54) is 11.8 Å². The highest BCUT2D eigenvalue weighted by Crippen LogP contribution is 2.36. The maximum Gasteiger partial charge on any atom is 0.282 e. The van der Waals surface area contributed by atoms with Gasteiger partial charge in [-0.3, -0.25) is 14.4 Å². The first-order valence-corrected chi connectivity index (χ1v) is 11.3. The normalized spacial score (nSPS) is 13.3. The van der Waals surface area contributed by atoms with Crippen LogP contribution in [0.25, 0.3) is 5.57 Å². The summed E-state index contributed by atoms with van der Waals surface area (Å²) in [5, 5.41) is 5.92. The van der Waals surface area contributed by atoms with Crippen molar-refractivity contribution in [1.82, 2.24) is 0 Å². The number of carbonyl (C=O) groups excluding carboxylic acids is 3. The van der Waals surface area contributed by atoms with Gasteiger partial charge in [0, 0.05) is 38.1 Å². The van der Waals surface area contributed by atoms with E-state index in [-0.39, 0.29) is 17.2 Å². The lowest BCUT2D eigenvalue weighted by Gasteiger charge is -2.19. The van der Waals surface area contributed by atoms with E-state index in [0.29, 0.717) is 22.6 Å². The molecule has 3 aromatic carbocycles. The summed E-state index contributed by atoms with van der Waals surface area (Å²) in [6, 6.07) is 20.1. The molecule has 1 heterocycles. The van der Waals surface area contributed by atoms with Crippen molar-refractivity contribution < 1.29 is 14.4 Å². The van der Waals surface area contributed by atoms with Crippen LogP contribution < -0.4 is 20.4 Å². The van der Waals surface area contributed by atoms with E-state index in [0.717, 1.165) is 16.8 Å². The quantitative estimate of drug-likeness (QED) is 0.512. The zero-order valence-electron chi connectivity index (χ0n) is 20.5. The number of hydrogen-bond acceptors (Lipinski definition) is 5. The summed E-state index contributed by atoms with van der Waals surface area (Å²) in [6.45, 7) is 5.28. The molecule has 0 radical (unpaired) electrons. The molecule has 7 heteroatoms. The molecule has 0 spiro atoms. The molecule has 7 nitrogen and oxygen atoms in total. The van der Waals surface area contributed by atoms with Crippen molar-refractivity contribution >= 4 is 46.0 Å². The van der Waals surface area contributed by atoms with Crippen LogP contribution in [0, 0.1) is 13.8 Å². The Kier molecular flexibility index (Phi) is 6.42. The zero-order chi connectivity index (χ0) is 25.3. The highest BCUT2D eigenvalue weighted by Gasteiger charge is 2.41. The second-order valence-electron chi connectivity index (χ2n) is 8.74. The molecule has 35 heavy (non-hydrogen) atoms. The minimum absolute atomic E-state index is 0.186. The van der Waals surface area contributed by atoms with Gasteiger partial charge in [0.1, 0.15) is 5.70 Å². The van der Waals surface area contributed by atoms with Crippen molar-refractivity contribution in [3.05, 3.63) is 89.1 Å². The summed E-state index contributed by atoms with van der Waals surface area (Å²) in [6.07, 6.45) is 0. The van der Waals surface area contributed by atoms with Crippen LogP contribution in [-0.2, 0) is 14.4 Å². The summed E-state index contributed by atoms with van der Waals surface area (Å²) in [5.41, 5.74) is 5.81. The predicted octanol–water partition coefficient (Wildman–Crippen LogP) is 4.72. The summed E-state index contributed by atoms with van der Waals surface area (Å²) >= 11 is 0. The number of carbonyl (C=O) groups is 3. The van der Waals surface area contributed by atoms with Crippen LogP contribution in [0.1, 0.15) is 23.6 Å². The van der Waals surface area contributed by atoms with Crippen molar-refractivity contribution in [3.63, 3.8) is 0 Å². The van der Waals surface area contributed by atoms with Crippen LogP contribution in [0.15, 0.2) is 72.4 Å². The average Bonchev–Trinajstić information content (AvgIpc) is 3.05. The molecule has 3 aromatic rings. The Hall–Kier alpha value is -4.39. The molecule has 0 fully saturated rings. The van der Waals surface area contributed by atoms with Gasteiger partial charge in [0.05, 0.1) is 11.3 Å². The second-order valence-corrected chi connectivity index (χ2v) is 8.74. The predicted molar refractivity (Wildman–Crippen MR) is 140 cm³/mol. The molecule has 0 bridgehead atoms. The molecule has 0 saturated carbocycles. The van der Waals surface area contributed by atoms with E-state index in [4.69, 9.17) is 0 Å². The number of anilines is 4. The monoisotopic (exact) mass is 468 g/mol. The lowest BCUT2D eigenvalue weighted by molar-refractivity contribution is -0.120. The lowest BCUT2D eigenvalue weighted by atomic mass is 10.0. The van der Waals surface area contributed by atoms with Gasteiger partial charge in [0.2, 0.25) is 5.91 Å². The Labute approximate surface area is 205 Å². The summed E-state index contributed by atoms with van der Waals surface area (Å²) in [7, 11) is 3.91. The number of nitrogens with one attached hydrogen (secondary N) is 2. The fourth-order valence-corrected chi connectivity index (χ4v) is 4.02. The second kappa shape index (κ2) is 9.46. The molecule has 0 saturated heterocycles. The molecule has 0 unspecified atom stereocenters. The number of imide groups is 1. The zero-order valence-corrected chi connectivity index (χ0v) is 20.5. The number of hydrogen-bond donors (Lipinski definition) is 2. The van der Waals surface area contributed by atoms with Gasteiger partial charge in [-0.25, -0.2) is 4.90 Å². The number of nitrogens with zero attached hydrogens (tertiary/aromatic N) is 2. The third kappa shape index (κ3) is 4.66. The van der Waals surface area contributed by atoms with Crippen LogP contribution in [0.2, 0.25) is 0 Å². The van der Waals surface area contributed by atoms with Gasteiger partial charge >= 0.3 is 0 Å². The smallest absolute Gasteiger partial charge is 0.282 e. The maximum absolute atomic E-state index is 13.7. The van der Waals surface area contributed by atoms with E-state index in [1.54, 1.807) is 30.3 Å². The van der Waals surface area contributed by atoms with Gasteiger partial charge in [-0.2, -0.15) is 0 Å². The highest BCUT2D eigenvalue weighted by atomic mass is 16.2. The van der Waals surface area contributed by atoms with E-state index < -0.39 is 11.8 Å². The van der Waals surface area contributed by atoms with Gasteiger partial charge in [0.15, 0.2) is 0 Å². The molecule has 0 aromatic heterocycles. The average molecular weight is 469 g/mol. The highest BCUT2D eigenvalue weighted by molar-refractivity contribution is 6.46. The molecule has 178 valence electrons. The minimum Gasteiger partial charge on any atom is -0.378 e. The standard InChI is InChI=1S/C28H28N4O3/c1-17-7-6-8-24(18(17)2)32-27(34)25(20-9-11-21(12-10-20)29-19(3)33)26(28(32)35)30-22-13-15-23(16-14-22)31(4)5/h6-16,30H,1-5H3,(H,29,33). The van der Waals surface area contributed by atoms with E-state index >= 15 is 0 Å². The molecular formula is C28H28N4O3. The molecular weight excluding hydrogens is 440 g/mol. The molecule has 3 amide bonds. The van der Waals surface area contributed by atoms with Crippen molar-refractivity contribution in [1.29, 1.82) is 0 Å². The number of aryl methyl sites for hydroxylation is 1. The summed E-state index contributed by atoms with van der Waals surface area (Å²) in [5.74, 6) is -1.00. The molecule has 1 aliphatic rings. The van der Waals surface area contributed by atoms with Gasteiger partial charge < -0.3 is 15.5 Å². The topological polar surface area (TPSA) is 81.8 Å². The number of amides is 3. The Morgan fingerprint density at radius 2 is 1.46 bits per heavy atom. The Balaban J connectivity index is 1.79. The SMILES string of the molecule is CC(=O)Nc1ccc(C2=C(Nc3ccc(N(C)C)cc3)C(=O)N(c3cccc(C)c3C)C2=O)cc1. The summed E-state index contributed by atoms with van der Waals surface area (Å²) in [4.78, 5) is 42.0. The van der Waals surface area contributed by atoms with Crippen molar-refractivity contribution in [2.24, 2.45) is 0 Å². The van der Waals surface area contributed by atoms with Crippen LogP contribution in [0.3, 0.4) is 0 Å². The molecule has 0 atom stereocenters. The lowest BCUT2D eigenvalue weighted by Crippen LogP contribution is -2.33. The Bertz CT molecular complexity index is 1340. The molecule has 0 aliphatic carbocycles. The Morgan fingerprint density at radius 1 is 0.829 bits per heavy atom. The Morgan fingerprint density at radius 3 is 2.06 bits per heavy atom. The largest absolute Gasteiger partial charge is 0.378 e. The first-order chi connectivity index (χ1) is 16.7. The van der Waals surface area contributed by atoms with Crippen molar-refractivity contribution in [2.45, 2.75) is 20.8 Å². The number of benzene rings is 3. The molecule has 4 rings (SSSR count). The van der Waals surface area contributed by atoms with Crippen LogP contribution in [-0.4, -0.2) is 31.8 Å². The maximum atomic E-state index is 13.7. The molecule has 2 N–H and O–H groups in total. The van der Waals surface area contributed by atoms with Crippen molar-refractivity contribution in [3.8, 4) is 0 Å². The van der Waals surface area contributed by atoms with Gasteiger partial charge in [0.25, 0.3) is 11.8 Å². The minimum atomic E-state index is -0.415. The van der Waals surface area contributed by atoms with Gasteiger partial charge in [-0.1, -0.05) is 24.3 Å². The van der Waals surface area contributed by atoms with Crippen LogP contribution in [0.5, 0.6) is 0 Å². The first-order valence-electron chi connectivity index (χ1n) is 11.3. The third-order valence-corrected chi connectivity index (χ3v) is 6.05. The van der Waals surface area contributed by atoms with Gasteiger partial charge in [-0.05, 0) is 73.0 Å². The van der Waals surface area contributed by atoms with Crippen LogP contribution >= 0.6 is 0 Å². The van der Waals surface area contributed by atoms with Crippen LogP contribution in [0.4, 0.5) is 22.7 Å². The first kappa shape index (κ1) is 23.8. The molecule has 1 aliphatic heterocycles. The fraction of sp³-hybridized carbons (Fsp3) is 0.179. The van der Waals surface area contributed by atoms with Gasteiger partial charge in [-0.15, -0.1) is 0 Å². The summed E-state index contributed by atoms with van der Waals surface area (Å²) < 4.78 is 0. The van der Waals surface area contributed by atoms with E-state index in [2.05, 4.69) is 10.6 Å². The van der Waals surface area contributed by atoms with E-state index in [9.17, 15) is 14.4 Å². The van der Waals surface area contributed by atoms with Crippen molar-refractivity contribution in [2.75, 3.05) is 34.5 Å².